The molecule has 0 saturated carbocycles. The molecule has 0 unspecified atom stereocenters. The first-order valence-electron chi connectivity index (χ1n) is 6.08. The summed E-state index contributed by atoms with van der Waals surface area (Å²) in [6.45, 7) is 3.61. The first kappa shape index (κ1) is 16.8. The van der Waals surface area contributed by atoms with Crippen LogP contribution in [0.25, 0.3) is 0 Å². The van der Waals surface area contributed by atoms with Gasteiger partial charge in [0.2, 0.25) is 5.96 Å². The predicted octanol–water partition coefficient (Wildman–Crippen LogP) is 2.39. The second kappa shape index (κ2) is 8.83. The van der Waals surface area contributed by atoms with Crippen LogP contribution in [-0.2, 0) is 4.74 Å². The Hall–Kier alpha value is -1.25. The number of guanidine groups is 1. The Morgan fingerprint density at radius 2 is 2.20 bits per heavy atom. The molecule has 5 nitrogen and oxygen atoms in total. The number of rotatable bonds is 6. The molecule has 4 N–H and O–H groups in total. The maximum absolute atomic E-state index is 13.6. The highest BCUT2D eigenvalue weighted by Crippen LogP contribution is 2.26. The van der Waals surface area contributed by atoms with Crippen molar-refractivity contribution in [1.82, 2.24) is 5.43 Å². The summed E-state index contributed by atoms with van der Waals surface area (Å²) >= 11 is 3.07. The number of ether oxygens (including phenoxy) is 1. The van der Waals surface area contributed by atoms with Crippen LogP contribution in [-0.4, -0.2) is 25.7 Å². The number of hydrogen-bond donors (Lipinski definition) is 3. The third-order valence-corrected chi connectivity index (χ3v) is 2.93. The van der Waals surface area contributed by atoms with E-state index in [-0.39, 0.29) is 16.1 Å². The summed E-state index contributed by atoms with van der Waals surface area (Å²) in [5, 5.41) is 2.67. The van der Waals surface area contributed by atoms with Crippen LogP contribution < -0.4 is 16.6 Å². The molecule has 8 heteroatoms. The number of aliphatic imine (C=N–C) groups is 1. The quantitative estimate of drug-likeness (QED) is 0.242. The highest BCUT2D eigenvalue weighted by Gasteiger charge is 2.11. The Balaban J connectivity index is 2.66. The number of nitrogens with two attached hydrogens (primary N) is 1. The molecule has 20 heavy (non-hydrogen) atoms. The van der Waals surface area contributed by atoms with Crippen LogP contribution in [0.2, 0.25) is 0 Å². The van der Waals surface area contributed by atoms with Gasteiger partial charge in [0.1, 0.15) is 5.82 Å². The first-order valence-corrected chi connectivity index (χ1v) is 6.88. The van der Waals surface area contributed by atoms with E-state index >= 15 is 0 Å². The summed E-state index contributed by atoms with van der Waals surface area (Å²) in [5.41, 5.74) is 2.39. The molecule has 1 aromatic carbocycles. The van der Waals surface area contributed by atoms with Gasteiger partial charge in [0.05, 0.1) is 5.69 Å². The largest absolute Gasteiger partial charge is 0.382 e. The molecule has 112 valence electrons. The van der Waals surface area contributed by atoms with Gasteiger partial charge in [-0.25, -0.2) is 14.6 Å². The van der Waals surface area contributed by atoms with Crippen LogP contribution >= 0.6 is 15.9 Å². The number of hydrogen-bond acceptors (Lipinski definition) is 3. The van der Waals surface area contributed by atoms with Gasteiger partial charge >= 0.3 is 0 Å². The summed E-state index contributed by atoms with van der Waals surface area (Å²) in [6.07, 6.45) is 0.716. The molecule has 0 aliphatic rings. The summed E-state index contributed by atoms with van der Waals surface area (Å²) < 4.78 is 32.0. The third kappa shape index (κ3) is 5.40. The van der Waals surface area contributed by atoms with Crippen LogP contribution in [0.3, 0.4) is 0 Å². The number of halogens is 3. The average molecular weight is 351 g/mol. The summed E-state index contributed by atoms with van der Waals surface area (Å²) in [7, 11) is 0. The lowest BCUT2D eigenvalue weighted by Gasteiger charge is -2.12. The van der Waals surface area contributed by atoms with E-state index in [0.29, 0.717) is 26.2 Å². The zero-order valence-electron chi connectivity index (χ0n) is 11.0. The number of anilines is 1. The molecule has 0 bridgehead atoms. The minimum absolute atomic E-state index is 0.0629. The summed E-state index contributed by atoms with van der Waals surface area (Å²) in [4.78, 5) is 4.12. The van der Waals surface area contributed by atoms with Gasteiger partial charge in [-0.2, -0.15) is 0 Å². The van der Waals surface area contributed by atoms with Crippen LogP contribution in [0.1, 0.15) is 13.3 Å². The fourth-order valence-corrected chi connectivity index (χ4v) is 1.91. The van der Waals surface area contributed by atoms with Crippen LogP contribution in [0.15, 0.2) is 21.6 Å². The Morgan fingerprint density at radius 1 is 1.45 bits per heavy atom. The topological polar surface area (TPSA) is 71.7 Å². The minimum Gasteiger partial charge on any atom is -0.382 e. The SMILES string of the molecule is CCOCCCN=C(NN)Nc1c(F)cc(F)cc1Br. The number of nitrogens with zero attached hydrogens (tertiary/aromatic N) is 1. The van der Waals surface area contributed by atoms with Crippen LogP contribution in [0.4, 0.5) is 14.5 Å². The van der Waals surface area contributed by atoms with Crippen molar-refractivity contribution in [2.24, 2.45) is 10.8 Å². The molecule has 1 aromatic rings. The maximum atomic E-state index is 13.6. The predicted molar refractivity (Wildman–Crippen MR) is 78.4 cm³/mol. The zero-order chi connectivity index (χ0) is 15.0. The molecule has 0 aliphatic heterocycles. The van der Waals surface area contributed by atoms with Gasteiger partial charge in [0.25, 0.3) is 0 Å². The monoisotopic (exact) mass is 350 g/mol. The van der Waals surface area contributed by atoms with E-state index in [1.807, 2.05) is 6.92 Å². The minimum atomic E-state index is -0.742. The van der Waals surface area contributed by atoms with E-state index in [0.717, 1.165) is 12.1 Å². The van der Waals surface area contributed by atoms with E-state index in [4.69, 9.17) is 10.6 Å². The van der Waals surface area contributed by atoms with E-state index in [1.54, 1.807) is 0 Å². The number of benzene rings is 1. The van der Waals surface area contributed by atoms with E-state index in [2.05, 4.69) is 31.7 Å². The Morgan fingerprint density at radius 3 is 2.80 bits per heavy atom. The van der Waals surface area contributed by atoms with Gasteiger partial charge in [0, 0.05) is 30.3 Å². The van der Waals surface area contributed by atoms with Gasteiger partial charge in [-0.1, -0.05) is 0 Å². The fraction of sp³-hybridized carbons (Fsp3) is 0.417. The number of hydrazine groups is 1. The molecule has 0 radical (unpaired) electrons. The van der Waals surface area contributed by atoms with E-state index in [9.17, 15) is 8.78 Å². The van der Waals surface area contributed by atoms with Gasteiger partial charge < -0.3 is 10.1 Å². The van der Waals surface area contributed by atoms with Crippen LogP contribution in [0.5, 0.6) is 0 Å². The molecule has 0 saturated heterocycles. The highest BCUT2D eigenvalue weighted by atomic mass is 79.9. The van der Waals surface area contributed by atoms with Crippen molar-refractivity contribution in [2.75, 3.05) is 25.1 Å². The molecule has 0 aromatic heterocycles. The van der Waals surface area contributed by atoms with E-state index in [1.165, 1.54) is 0 Å². The lowest BCUT2D eigenvalue weighted by molar-refractivity contribution is 0.146. The summed E-state index contributed by atoms with van der Waals surface area (Å²) in [6, 6.07) is 1.92. The Bertz CT molecular complexity index is 448. The molecule has 0 amide bonds. The van der Waals surface area contributed by atoms with Gasteiger partial charge in [-0.05, 0) is 35.3 Å². The van der Waals surface area contributed by atoms with Crippen molar-refractivity contribution in [3.63, 3.8) is 0 Å². The Labute approximate surface area is 124 Å². The van der Waals surface area contributed by atoms with Crippen molar-refractivity contribution < 1.29 is 13.5 Å². The lowest BCUT2D eigenvalue weighted by Crippen LogP contribution is -2.36. The zero-order valence-corrected chi connectivity index (χ0v) is 12.6. The van der Waals surface area contributed by atoms with Gasteiger partial charge in [-0.3, -0.25) is 10.4 Å². The molecular weight excluding hydrogens is 334 g/mol. The maximum Gasteiger partial charge on any atom is 0.210 e. The van der Waals surface area contributed by atoms with Crippen molar-refractivity contribution in [2.45, 2.75) is 13.3 Å². The normalized spacial score (nSPS) is 11.6. The molecule has 0 heterocycles. The van der Waals surface area contributed by atoms with Crippen molar-refractivity contribution in [3.05, 3.63) is 28.2 Å². The van der Waals surface area contributed by atoms with Crippen molar-refractivity contribution in [1.29, 1.82) is 0 Å². The molecule has 0 fully saturated rings. The standard InChI is InChI=1S/C12H17BrF2N4O/c1-2-20-5-3-4-17-12(19-16)18-11-9(13)6-8(14)7-10(11)15/h6-7H,2-5,16H2,1H3,(H2,17,18,19). The molecule has 0 spiro atoms. The Kier molecular flexibility index (Phi) is 7.42. The second-order valence-electron chi connectivity index (χ2n) is 3.79. The van der Waals surface area contributed by atoms with Gasteiger partial charge in [0.15, 0.2) is 5.82 Å². The lowest BCUT2D eigenvalue weighted by atomic mass is 10.3. The third-order valence-electron chi connectivity index (χ3n) is 2.31. The number of nitrogens with one attached hydrogen (secondary N) is 2. The van der Waals surface area contributed by atoms with Crippen LogP contribution in [0, 0.1) is 11.6 Å². The summed E-state index contributed by atoms with van der Waals surface area (Å²) in [5.74, 6) is 4.08. The smallest absolute Gasteiger partial charge is 0.210 e. The fourth-order valence-electron chi connectivity index (χ4n) is 1.40. The van der Waals surface area contributed by atoms with E-state index < -0.39 is 11.6 Å². The molecule has 0 atom stereocenters. The van der Waals surface area contributed by atoms with Crippen molar-refractivity contribution >= 4 is 27.6 Å². The molecule has 1 rings (SSSR count). The second-order valence-corrected chi connectivity index (χ2v) is 4.65. The molecular formula is C12H17BrF2N4O. The average Bonchev–Trinajstić information content (AvgIpc) is 2.40. The first-order chi connectivity index (χ1) is 9.58. The van der Waals surface area contributed by atoms with Crippen molar-refractivity contribution in [3.8, 4) is 0 Å². The molecule has 0 aliphatic carbocycles. The van der Waals surface area contributed by atoms with Gasteiger partial charge in [-0.15, -0.1) is 0 Å². The highest BCUT2D eigenvalue weighted by molar-refractivity contribution is 9.10.